The van der Waals surface area contributed by atoms with Crippen molar-refractivity contribution in [3.05, 3.63) is 0 Å². The van der Waals surface area contributed by atoms with Crippen LogP contribution in [0.5, 0.6) is 0 Å². The normalized spacial score (nSPS) is 30.9. The first-order valence-electron chi connectivity index (χ1n) is 7.36. The van der Waals surface area contributed by atoms with Gasteiger partial charge < -0.3 is 10.6 Å². The van der Waals surface area contributed by atoms with Crippen LogP contribution < -0.4 is 5.73 Å². The number of nitrogens with zero attached hydrogens (tertiary/aromatic N) is 1. The van der Waals surface area contributed by atoms with Gasteiger partial charge in [0, 0.05) is 6.04 Å². The van der Waals surface area contributed by atoms with Crippen molar-refractivity contribution in [1.29, 1.82) is 0 Å². The molecule has 102 valence electrons. The Morgan fingerprint density at radius 3 is 2.35 bits per heavy atom. The van der Waals surface area contributed by atoms with Crippen LogP contribution in [0.1, 0.15) is 53.4 Å². The lowest BCUT2D eigenvalue weighted by Crippen LogP contribution is -2.47. The van der Waals surface area contributed by atoms with Gasteiger partial charge >= 0.3 is 0 Å². The molecule has 1 aliphatic rings. The van der Waals surface area contributed by atoms with Crippen molar-refractivity contribution < 1.29 is 0 Å². The Labute approximate surface area is 108 Å². The van der Waals surface area contributed by atoms with Crippen LogP contribution in [0.3, 0.4) is 0 Å². The SMILES string of the molecule is CCN(C)C1CC(C(C)(C)CC)CCC1CN. The molecule has 0 amide bonds. The van der Waals surface area contributed by atoms with E-state index in [0.29, 0.717) is 17.4 Å². The monoisotopic (exact) mass is 240 g/mol. The first-order chi connectivity index (χ1) is 7.96. The maximum atomic E-state index is 5.95. The van der Waals surface area contributed by atoms with Gasteiger partial charge in [0.2, 0.25) is 0 Å². The number of hydrogen-bond acceptors (Lipinski definition) is 2. The van der Waals surface area contributed by atoms with E-state index >= 15 is 0 Å². The topological polar surface area (TPSA) is 29.3 Å². The Kier molecular flexibility index (Phi) is 5.46. The van der Waals surface area contributed by atoms with E-state index in [1.807, 2.05) is 0 Å². The highest BCUT2D eigenvalue weighted by molar-refractivity contribution is 4.91. The molecule has 0 heterocycles. The van der Waals surface area contributed by atoms with E-state index in [2.05, 4.69) is 39.6 Å². The van der Waals surface area contributed by atoms with E-state index in [0.717, 1.165) is 19.0 Å². The lowest BCUT2D eigenvalue weighted by Gasteiger charge is -2.45. The molecule has 3 unspecified atom stereocenters. The minimum absolute atomic E-state index is 0.492. The van der Waals surface area contributed by atoms with Crippen molar-refractivity contribution in [1.82, 2.24) is 4.90 Å². The van der Waals surface area contributed by atoms with Crippen LogP contribution in [-0.4, -0.2) is 31.1 Å². The van der Waals surface area contributed by atoms with Gasteiger partial charge in [0.25, 0.3) is 0 Å². The van der Waals surface area contributed by atoms with Crippen molar-refractivity contribution in [3.8, 4) is 0 Å². The molecule has 0 spiro atoms. The van der Waals surface area contributed by atoms with Gasteiger partial charge in [-0.25, -0.2) is 0 Å². The first kappa shape index (κ1) is 15.0. The Morgan fingerprint density at radius 1 is 1.24 bits per heavy atom. The Hall–Kier alpha value is -0.0800. The van der Waals surface area contributed by atoms with Crippen LogP contribution in [0, 0.1) is 17.3 Å². The summed E-state index contributed by atoms with van der Waals surface area (Å²) in [7, 11) is 2.26. The zero-order valence-electron chi connectivity index (χ0n) is 12.5. The van der Waals surface area contributed by atoms with Gasteiger partial charge in [-0.3, -0.25) is 0 Å². The summed E-state index contributed by atoms with van der Waals surface area (Å²) >= 11 is 0. The molecule has 1 rings (SSSR count). The minimum Gasteiger partial charge on any atom is -0.330 e. The molecule has 1 fully saturated rings. The van der Waals surface area contributed by atoms with E-state index in [1.165, 1.54) is 25.7 Å². The minimum atomic E-state index is 0.492. The number of nitrogens with two attached hydrogens (primary N) is 1. The van der Waals surface area contributed by atoms with Crippen molar-refractivity contribution in [2.45, 2.75) is 59.4 Å². The van der Waals surface area contributed by atoms with E-state index < -0.39 is 0 Å². The summed E-state index contributed by atoms with van der Waals surface area (Å²) in [6, 6.07) is 0.703. The molecule has 2 nitrogen and oxygen atoms in total. The van der Waals surface area contributed by atoms with Crippen molar-refractivity contribution >= 4 is 0 Å². The molecule has 0 bridgehead atoms. The molecule has 0 radical (unpaired) electrons. The van der Waals surface area contributed by atoms with Gasteiger partial charge in [0.1, 0.15) is 0 Å². The third kappa shape index (κ3) is 3.45. The Morgan fingerprint density at radius 2 is 1.88 bits per heavy atom. The predicted molar refractivity (Wildman–Crippen MR) is 76.0 cm³/mol. The van der Waals surface area contributed by atoms with E-state index in [4.69, 9.17) is 5.73 Å². The highest BCUT2D eigenvalue weighted by atomic mass is 15.1. The predicted octanol–water partition coefficient (Wildman–Crippen LogP) is 3.12. The maximum Gasteiger partial charge on any atom is 0.0135 e. The van der Waals surface area contributed by atoms with E-state index in [1.54, 1.807) is 0 Å². The van der Waals surface area contributed by atoms with Crippen molar-refractivity contribution in [2.75, 3.05) is 20.1 Å². The van der Waals surface area contributed by atoms with Crippen LogP contribution in [-0.2, 0) is 0 Å². The van der Waals surface area contributed by atoms with Crippen LogP contribution in [0.25, 0.3) is 0 Å². The number of hydrogen-bond donors (Lipinski definition) is 1. The second-order valence-corrected chi connectivity index (χ2v) is 6.49. The lowest BCUT2D eigenvalue weighted by atomic mass is 9.65. The fourth-order valence-electron chi connectivity index (χ4n) is 3.26. The first-order valence-corrected chi connectivity index (χ1v) is 7.36. The highest BCUT2D eigenvalue weighted by Crippen LogP contribution is 2.43. The summed E-state index contributed by atoms with van der Waals surface area (Å²) in [6.07, 6.45) is 5.32. The molecule has 0 aromatic heterocycles. The van der Waals surface area contributed by atoms with Crippen LogP contribution >= 0.6 is 0 Å². The van der Waals surface area contributed by atoms with Crippen LogP contribution in [0.15, 0.2) is 0 Å². The summed E-state index contributed by atoms with van der Waals surface area (Å²) in [5, 5.41) is 0. The molecule has 1 saturated carbocycles. The average Bonchev–Trinajstić information content (AvgIpc) is 2.36. The third-order valence-corrected chi connectivity index (χ3v) is 5.34. The molecule has 0 saturated heterocycles. The molecular formula is C15H32N2. The molecule has 0 aliphatic heterocycles. The van der Waals surface area contributed by atoms with Gasteiger partial charge in [0.05, 0.1) is 0 Å². The smallest absolute Gasteiger partial charge is 0.0135 e. The lowest BCUT2D eigenvalue weighted by molar-refractivity contribution is 0.0525. The third-order valence-electron chi connectivity index (χ3n) is 5.34. The van der Waals surface area contributed by atoms with E-state index in [9.17, 15) is 0 Å². The molecule has 3 atom stereocenters. The molecule has 17 heavy (non-hydrogen) atoms. The molecule has 1 aliphatic carbocycles. The molecule has 2 N–H and O–H groups in total. The van der Waals surface area contributed by atoms with Gasteiger partial charge in [-0.15, -0.1) is 0 Å². The van der Waals surface area contributed by atoms with Gasteiger partial charge in [0.15, 0.2) is 0 Å². The summed E-state index contributed by atoms with van der Waals surface area (Å²) in [5.41, 5.74) is 6.44. The average molecular weight is 240 g/mol. The summed E-state index contributed by atoms with van der Waals surface area (Å²) in [4.78, 5) is 2.51. The Balaban J connectivity index is 2.72. The van der Waals surface area contributed by atoms with Crippen LogP contribution in [0.2, 0.25) is 0 Å². The molecular weight excluding hydrogens is 208 g/mol. The maximum absolute atomic E-state index is 5.95. The van der Waals surface area contributed by atoms with Gasteiger partial charge in [-0.2, -0.15) is 0 Å². The van der Waals surface area contributed by atoms with Gasteiger partial charge in [-0.1, -0.05) is 34.1 Å². The highest BCUT2D eigenvalue weighted by Gasteiger charge is 2.37. The van der Waals surface area contributed by atoms with Crippen molar-refractivity contribution in [3.63, 3.8) is 0 Å². The summed E-state index contributed by atoms with van der Waals surface area (Å²) in [6.45, 7) is 11.4. The molecule has 0 aromatic carbocycles. The zero-order valence-corrected chi connectivity index (χ0v) is 12.5. The standard InChI is InChI=1S/C15H32N2/c1-6-15(3,4)13-9-8-12(11-16)14(10-13)17(5)7-2/h12-14H,6-11,16H2,1-5H3. The number of rotatable bonds is 5. The summed E-state index contributed by atoms with van der Waals surface area (Å²) in [5.74, 6) is 1.58. The fraction of sp³-hybridized carbons (Fsp3) is 1.00. The molecule has 2 heteroatoms. The van der Waals surface area contributed by atoms with Crippen molar-refractivity contribution in [2.24, 2.45) is 23.0 Å². The molecule has 0 aromatic rings. The van der Waals surface area contributed by atoms with E-state index in [-0.39, 0.29) is 0 Å². The zero-order chi connectivity index (χ0) is 13.1. The van der Waals surface area contributed by atoms with Crippen LogP contribution in [0.4, 0.5) is 0 Å². The quantitative estimate of drug-likeness (QED) is 0.800. The second kappa shape index (κ2) is 6.19. The summed E-state index contributed by atoms with van der Waals surface area (Å²) < 4.78 is 0. The van der Waals surface area contributed by atoms with Gasteiger partial charge in [-0.05, 0) is 56.7 Å². The second-order valence-electron chi connectivity index (χ2n) is 6.49. The largest absolute Gasteiger partial charge is 0.330 e. The fourth-order valence-corrected chi connectivity index (χ4v) is 3.26. The Bertz CT molecular complexity index is 225.